The van der Waals surface area contributed by atoms with E-state index < -0.39 is 6.04 Å². The molecule has 1 N–H and O–H groups in total. The summed E-state index contributed by atoms with van der Waals surface area (Å²) in [6.45, 7) is 5.27. The lowest BCUT2D eigenvalue weighted by atomic mass is 10.1. The van der Waals surface area contributed by atoms with E-state index in [1.54, 1.807) is 0 Å². The molecule has 0 bridgehead atoms. The molecule has 0 spiro atoms. The van der Waals surface area contributed by atoms with E-state index in [0.717, 1.165) is 51.4 Å². The highest BCUT2D eigenvalue weighted by Gasteiger charge is 2.22. The first-order chi connectivity index (χ1) is 22.5. The molecule has 0 aromatic heterocycles. The zero-order valence-corrected chi connectivity index (χ0v) is 30.8. The fourth-order valence-corrected chi connectivity index (χ4v) is 5.21. The van der Waals surface area contributed by atoms with Gasteiger partial charge in [-0.3, -0.25) is 14.5 Å². The number of carbonyl (C=O) groups is 2. The number of esters is 1. The van der Waals surface area contributed by atoms with E-state index >= 15 is 0 Å². The van der Waals surface area contributed by atoms with Gasteiger partial charge in [-0.2, -0.15) is 0 Å². The van der Waals surface area contributed by atoms with Gasteiger partial charge in [-0.1, -0.05) is 140 Å². The van der Waals surface area contributed by atoms with Gasteiger partial charge in [-0.15, -0.1) is 0 Å². The first-order valence-electron chi connectivity index (χ1n) is 19.2. The van der Waals surface area contributed by atoms with Crippen LogP contribution in [-0.2, 0) is 14.3 Å². The van der Waals surface area contributed by atoms with Gasteiger partial charge < -0.3 is 10.1 Å². The molecule has 1 unspecified atom stereocenters. The molecule has 5 nitrogen and oxygen atoms in total. The van der Waals surface area contributed by atoms with Crippen molar-refractivity contribution in [3.05, 3.63) is 48.6 Å². The van der Waals surface area contributed by atoms with Crippen LogP contribution < -0.4 is 5.32 Å². The smallest absolute Gasteiger partial charge is 0.305 e. The summed E-state index contributed by atoms with van der Waals surface area (Å²) in [6, 6.07) is -0.445. The molecule has 1 atom stereocenters. The summed E-state index contributed by atoms with van der Waals surface area (Å²) in [4.78, 5) is 26.8. The molecule has 0 aromatic carbocycles. The van der Waals surface area contributed by atoms with Crippen LogP contribution in [-0.4, -0.2) is 50.1 Å². The Hall–Kier alpha value is -2.14. The predicted octanol–water partition coefficient (Wildman–Crippen LogP) is 11.2. The average molecular weight is 643 g/mol. The van der Waals surface area contributed by atoms with Gasteiger partial charge >= 0.3 is 5.97 Å². The van der Waals surface area contributed by atoms with Gasteiger partial charge in [-0.25, -0.2) is 0 Å². The summed E-state index contributed by atoms with van der Waals surface area (Å²) in [7, 11) is 3.72. The topological polar surface area (TPSA) is 58.6 Å². The van der Waals surface area contributed by atoms with Crippen LogP contribution in [0.15, 0.2) is 48.6 Å². The van der Waals surface area contributed by atoms with Crippen LogP contribution >= 0.6 is 0 Å². The number of likely N-dealkylation sites (N-methyl/N-ethyl adjacent to an activating group) is 1. The number of allylic oxidation sites excluding steroid dienone is 8. The molecule has 0 aromatic rings. The molecule has 0 saturated carbocycles. The zero-order chi connectivity index (χ0) is 33.8. The highest BCUT2D eigenvalue weighted by atomic mass is 16.5. The van der Waals surface area contributed by atoms with Crippen LogP contribution in [0, 0.1) is 0 Å². The number of rotatable bonds is 33. The molecule has 0 heterocycles. The Balaban J connectivity index is 3.73. The highest BCUT2D eigenvalue weighted by Crippen LogP contribution is 2.11. The van der Waals surface area contributed by atoms with Crippen LogP contribution in [0.4, 0.5) is 0 Å². The van der Waals surface area contributed by atoms with E-state index in [2.05, 4.69) is 67.8 Å². The maximum absolute atomic E-state index is 12.7. The third-order valence-corrected chi connectivity index (χ3v) is 8.34. The summed E-state index contributed by atoms with van der Waals surface area (Å²) < 4.78 is 5.48. The third-order valence-electron chi connectivity index (χ3n) is 8.34. The third kappa shape index (κ3) is 31.8. The van der Waals surface area contributed by atoms with Crippen molar-refractivity contribution in [2.45, 2.75) is 174 Å². The number of ether oxygens (including phenoxy) is 1. The minimum absolute atomic E-state index is 0.0568. The standard InChI is InChI=1S/C41H74N2O3/c1-5-7-9-11-13-15-17-19-21-23-25-27-29-31-33-35-37-42-41(45)39(43(3)4)38-46-40(44)36-34-32-30-28-26-24-22-20-18-16-14-12-10-8-6-2/h12-15,18-21,39H,5-11,16-17,22-38H2,1-4H3,(H,42,45)/b14-12-,15-13-,20-18-,21-19-. The molecule has 0 aliphatic heterocycles. The Morgan fingerprint density at radius 1 is 0.565 bits per heavy atom. The van der Waals surface area contributed by atoms with Crippen molar-refractivity contribution >= 4 is 11.9 Å². The van der Waals surface area contributed by atoms with Crippen molar-refractivity contribution in [1.82, 2.24) is 10.2 Å². The van der Waals surface area contributed by atoms with Gasteiger partial charge in [0.2, 0.25) is 5.91 Å². The Morgan fingerprint density at radius 2 is 1.00 bits per heavy atom. The minimum atomic E-state index is -0.445. The maximum Gasteiger partial charge on any atom is 0.305 e. The predicted molar refractivity (Wildman–Crippen MR) is 200 cm³/mol. The number of amides is 1. The van der Waals surface area contributed by atoms with Crippen molar-refractivity contribution in [3.63, 3.8) is 0 Å². The molecule has 1 amide bonds. The molecule has 46 heavy (non-hydrogen) atoms. The lowest BCUT2D eigenvalue weighted by Gasteiger charge is -2.23. The molecule has 0 rings (SSSR count). The van der Waals surface area contributed by atoms with Gasteiger partial charge in [-0.05, 0) is 84.7 Å². The van der Waals surface area contributed by atoms with E-state index in [0.29, 0.717) is 13.0 Å². The van der Waals surface area contributed by atoms with E-state index in [1.165, 1.54) is 96.3 Å². The number of hydrogen-bond acceptors (Lipinski definition) is 4. The van der Waals surface area contributed by atoms with Crippen molar-refractivity contribution in [1.29, 1.82) is 0 Å². The van der Waals surface area contributed by atoms with E-state index in [1.807, 2.05) is 19.0 Å². The van der Waals surface area contributed by atoms with Crippen LogP contribution in [0.5, 0.6) is 0 Å². The SMILES string of the molecule is CCCC/C=C\C/C=C\CCCCCCCCC(=O)OCC(C(=O)NCCCCCCCC/C=C\C/C=C\CCCCC)N(C)C. The van der Waals surface area contributed by atoms with Gasteiger partial charge in [0.05, 0.1) is 0 Å². The zero-order valence-electron chi connectivity index (χ0n) is 30.8. The van der Waals surface area contributed by atoms with Crippen molar-refractivity contribution in [2.75, 3.05) is 27.2 Å². The summed E-state index contributed by atoms with van der Waals surface area (Å²) in [5.41, 5.74) is 0. The van der Waals surface area contributed by atoms with Gasteiger partial charge in [0, 0.05) is 13.0 Å². The fourth-order valence-electron chi connectivity index (χ4n) is 5.21. The Bertz CT molecular complexity index is 800. The van der Waals surface area contributed by atoms with Crippen molar-refractivity contribution in [2.24, 2.45) is 0 Å². The van der Waals surface area contributed by atoms with Crippen LogP contribution in [0.3, 0.4) is 0 Å². The second-order valence-corrected chi connectivity index (χ2v) is 13.0. The van der Waals surface area contributed by atoms with E-state index in [9.17, 15) is 9.59 Å². The molecular formula is C41H74N2O3. The quantitative estimate of drug-likeness (QED) is 0.0439. The summed E-state index contributed by atoms with van der Waals surface area (Å²) >= 11 is 0. The van der Waals surface area contributed by atoms with E-state index in [4.69, 9.17) is 4.74 Å². The minimum Gasteiger partial charge on any atom is -0.463 e. The number of nitrogens with zero attached hydrogens (tertiary/aromatic N) is 1. The normalized spacial score (nSPS) is 12.8. The number of hydrogen-bond donors (Lipinski definition) is 1. The van der Waals surface area contributed by atoms with Gasteiger partial charge in [0.15, 0.2) is 0 Å². The second kappa shape index (κ2) is 35.7. The molecule has 0 aliphatic carbocycles. The summed E-state index contributed by atoms with van der Waals surface area (Å²) in [5.74, 6) is -0.252. The first kappa shape index (κ1) is 43.9. The molecule has 0 radical (unpaired) electrons. The molecular weight excluding hydrogens is 568 g/mol. The molecule has 0 aliphatic rings. The van der Waals surface area contributed by atoms with E-state index in [-0.39, 0.29) is 18.5 Å². The number of nitrogens with one attached hydrogen (secondary N) is 1. The maximum atomic E-state index is 12.7. The second-order valence-electron chi connectivity index (χ2n) is 13.0. The number of carbonyl (C=O) groups excluding carboxylic acids is 2. The molecule has 5 heteroatoms. The first-order valence-corrected chi connectivity index (χ1v) is 19.2. The Morgan fingerprint density at radius 3 is 1.50 bits per heavy atom. The Labute approximate surface area is 285 Å². The molecule has 0 saturated heterocycles. The fraction of sp³-hybridized carbons (Fsp3) is 0.756. The van der Waals surface area contributed by atoms with Crippen molar-refractivity contribution < 1.29 is 14.3 Å². The lowest BCUT2D eigenvalue weighted by Crippen LogP contribution is -2.47. The Kier molecular flexibility index (Phi) is 34.0. The van der Waals surface area contributed by atoms with Crippen LogP contribution in [0.2, 0.25) is 0 Å². The lowest BCUT2D eigenvalue weighted by molar-refractivity contribution is -0.146. The number of unbranched alkanes of at least 4 members (excludes halogenated alkanes) is 17. The highest BCUT2D eigenvalue weighted by molar-refractivity contribution is 5.82. The molecule has 266 valence electrons. The van der Waals surface area contributed by atoms with Gasteiger partial charge in [0.25, 0.3) is 0 Å². The largest absolute Gasteiger partial charge is 0.463 e. The summed E-state index contributed by atoms with van der Waals surface area (Å²) in [6.07, 6.45) is 46.0. The molecule has 0 fully saturated rings. The average Bonchev–Trinajstić information content (AvgIpc) is 3.04. The van der Waals surface area contributed by atoms with Crippen LogP contribution in [0.25, 0.3) is 0 Å². The summed E-state index contributed by atoms with van der Waals surface area (Å²) in [5, 5.41) is 3.04. The van der Waals surface area contributed by atoms with Crippen molar-refractivity contribution in [3.8, 4) is 0 Å². The van der Waals surface area contributed by atoms with Crippen LogP contribution in [0.1, 0.15) is 168 Å². The van der Waals surface area contributed by atoms with Gasteiger partial charge in [0.1, 0.15) is 12.6 Å². The monoisotopic (exact) mass is 643 g/mol.